The summed E-state index contributed by atoms with van der Waals surface area (Å²) in [5, 5.41) is 0. The molecule has 0 fully saturated rings. The number of aromatic nitrogens is 2. The number of amides is 1. The van der Waals surface area contributed by atoms with Crippen LogP contribution < -0.4 is 10.5 Å². The number of anilines is 1. The van der Waals surface area contributed by atoms with Crippen molar-refractivity contribution >= 4 is 11.6 Å². The molecule has 2 aromatic carbocycles. The lowest BCUT2D eigenvalue weighted by atomic mass is 10.2. The number of rotatable bonds is 5. The lowest BCUT2D eigenvalue weighted by Gasteiger charge is -2.19. The number of para-hydroxylation sites is 1. The van der Waals surface area contributed by atoms with E-state index in [9.17, 15) is 14.0 Å². The fourth-order valence-electron chi connectivity index (χ4n) is 2.74. The van der Waals surface area contributed by atoms with Crippen LogP contribution in [0.4, 0.5) is 10.1 Å². The van der Waals surface area contributed by atoms with Gasteiger partial charge in [0.15, 0.2) is 0 Å². The first-order chi connectivity index (χ1) is 13.0. The summed E-state index contributed by atoms with van der Waals surface area (Å²) in [4.78, 5) is 31.4. The molecular formula is C21H20FN3O2. The fraction of sp³-hybridized carbons (Fsp3) is 0.190. The zero-order valence-corrected chi connectivity index (χ0v) is 15.2. The Bertz CT molecular complexity index is 998. The van der Waals surface area contributed by atoms with Gasteiger partial charge in [-0.05, 0) is 42.8 Å². The highest BCUT2D eigenvalue weighted by atomic mass is 19.1. The molecule has 0 aliphatic heterocycles. The standard InChI is InChI=1S/C21H20FN3O2/c1-3-17-13-19(26)25(21(23-17)15-9-11-16(22)12-10-15)14-20(27)24(2)18-7-5-4-6-8-18/h4-13H,3,14H2,1-2H3. The molecule has 3 aromatic rings. The molecule has 0 radical (unpaired) electrons. The highest BCUT2D eigenvalue weighted by Gasteiger charge is 2.17. The number of hydrogen-bond acceptors (Lipinski definition) is 3. The molecule has 0 unspecified atom stereocenters. The number of aryl methyl sites for hydroxylation is 1. The maximum atomic E-state index is 13.3. The summed E-state index contributed by atoms with van der Waals surface area (Å²) < 4.78 is 14.6. The highest BCUT2D eigenvalue weighted by molar-refractivity contribution is 5.92. The SMILES string of the molecule is CCc1cc(=O)n(CC(=O)N(C)c2ccccc2)c(-c2ccc(F)cc2)n1. The summed E-state index contributed by atoms with van der Waals surface area (Å²) >= 11 is 0. The third-order valence-corrected chi connectivity index (χ3v) is 4.34. The Kier molecular flexibility index (Phi) is 5.45. The quantitative estimate of drug-likeness (QED) is 0.697. The molecule has 1 amide bonds. The predicted octanol–water partition coefficient (Wildman–Crippen LogP) is 3.27. The van der Waals surface area contributed by atoms with Gasteiger partial charge in [0.25, 0.3) is 5.56 Å². The van der Waals surface area contributed by atoms with Crippen molar-refractivity contribution in [2.75, 3.05) is 11.9 Å². The molecule has 0 saturated carbocycles. The molecule has 0 N–H and O–H groups in total. The van der Waals surface area contributed by atoms with Crippen LogP contribution in [0.3, 0.4) is 0 Å². The van der Waals surface area contributed by atoms with Gasteiger partial charge in [-0.2, -0.15) is 0 Å². The van der Waals surface area contributed by atoms with Crippen LogP contribution in [0.5, 0.6) is 0 Å². The first-order valence-electron chi connectivity index (χ1n) is 8.68. The molecule has 0 aliphatic rings. The zero-order valence-electron chi connectivity index (χ0n) is 15.2. The van der Waals surface area contributed by atoms with Crippen LogP contribution in [0, 0.1) is 5.82 Å². The van der Waals surface area contributed by atoms with E-state index in [1.807, 2.05) is 37.3 Å². The lowest BCUT2D eigenvalue weighted by Crippen LogP contribution is -2.35. The van der Waals surface area contributed by atoms with E-state index in [2.05, 4.69) is 4.98 Å². The maximum Gasteiger partial charge on any atom is 0.254 e. The summed E-state index contributed by atoms with van der Waals surface area (Å²) in [7, 11) is 1.66. The van der Waals surface area contributed by atoms with Gasteiger partial charge in [0.1, 0.15) is 18.2 Å². The van der Waals surface area contributed by atoms with Gasteiger partial charge in [-0.25, -0.2) is 9.37 Å². The van der Waals surface area contributed by atoms with Gasteiger partial charge in [0.2, 0.25) is 5.91 Å². The molecule has 138 valence electrons. The largest absolute Gasteiger partial charge is 0.314 e. The molecule has 0 saturated heterocycles. The normalized spacial score (nSPS) is 10.6. The molecule has 3 rings (SSSR count). The monoisotopic (exact) mass is 365 g/mol. The van der Waals surface area contributed by atoms with Crippen molar-refractivity contribution in [1.29, 1.82) is 0 Å². The number of nitrogens with zero attached hydrogens (tertiary/aromatic N) is 3. The lowest BCUT2D eigenvalue weighted by molar-refractivity contribution is -0.118. The van der Waals surface area contributed by atoms with Crippen LogP contribution in [0.2, 0.25) is 0 Å². The Morgan fingerprint density at radius 3 is 2.41 bits per heavy atom. The molecule has 27 heavy (non-hydrogen) atoms. The molecule has 0 aliphatic carbocycles. The number of carbonyl (C=O) groups excluding carboxylic acids is 1. The van der Waals surface area contributed by atoms with E-state index in [0.29, 0.717) is 23.5 Å². The second-order valence-electron chi connectivity index (χ2n) is 6.14. The van der Waals surface area contributed by atoms with Crippen molar-refractivity contribution in [1.82, 2.24) is 9.55 Å². The third-order valence-electron chi connectivity index (χ3n) is 4.34. The Hall–Kier alpha value is -3.28. The zero-order chi connectivity index (χ0) is 19.4. The minimum atomic E-state index is -0.376. The van der Waals surface area contributed by atoms with E-state index in [-0.39, 0.29) is 23.8 Å². The van der Waals surface area contributed by atoms with Crippen LogP contribution >= 0.6 is 0 Å². The summed E-state index contributed by atoms with van der Waals surface area (Å²) in [5.41, 5.74) is 1.63. The molecule has 1 heterocycles. The van der Waals surface area contributed by atoms with E-state index in [4.69, 9.17) is 0 Å². The van der Waals surface area contributed by atoms with Crippen molar-refractivity contribution in [3.63, 3.8) is 0 Å². The van der Waals surface area contributed by atoms with E-state index in [1.54, 1.807) is 19.2 Å². The second-order valence-corrected chi connectivity index (χ2v) is 6.14. The van der Waals surface area contributed by atoms with Gasteiger partial charge in [-0.15, -0.1) is 0 Å². The Morgan fingerprint density at radius 1 is 1.11 bits per heavy atom. The van der Waals surface area contributed by atoms with Crippen LogP contribution in [-0.4, -0.2) is 22.5 Å². The van der Waals surface area contributed by atoms with Gasteiger partial charge in [-0.3, -0.25) is 14.2 Å². The Labute approximate surface area is 156 Å². The van der Waals surface area contributed by atoms with Crippen molar-refractivity contribution in [2.45, 2.75) is 19.9 Å². The van der Waals surface area contributed by atoms with Gasteiger partial charge in [0.05, 0.1) is 0 Å². The van der Waals surface area contributed by atoms with E-state index < -0.39 is 0 Å². The van der Waals surface area contributed by atoms with Crippen molar-refractivity contribution < 1.29 is 9.18 Å². The minimum absolute atomic E-state index is 0.159. The third kappa shape index (κ3) is 4.11. The first kappa shape index (κ1) is 18.5. The van der Waals surface area contributed by atoms with E-state index in [1.165, 1.54) is 27.7 Å². The summed E-state index contributed by atoms with van der Waals surface area (Å²) in [5.74, 6) is -0.272. The summed E-state index contributed by atoms with van der Waals surface area (Å²) in [6, 6.07) is 16.3. The van der Waals surface area contributed by atoms with E-state index >= 15 is 0 Å². The minimum Gasteiger partial charge on any atom is -0.314 e. The average Bonchev–Trinajstić information content (AvgIpc) is 2.70. The van der Waals surface area contributed by atoms with Crippen molar-refractivity contribution in [2.24, 2.45) is 0 Å². The van der Waals surface area contributed by atoms with Gasteiger partial charge < -0.3 is 4.90 Å². The van der Waals surface area contributed by atoms with Crippen LogP contribution in [-0.2, 0) is 17.8 Å². The average molecular weight is 365 g/mol. The molecule has 6 heteroatoms. The molecule has 1 aromatic heterocycles. The Morgan fingerprint density at radius 2 is 1.78 bits per heavy atom. The van der Waals surface area contributed by atoms with Gasteiger partial charge in [0, 0.05) is 30.1 Å². The van der Waals surface area contributed by atoms with Crippen molar-refractivity contribution in [3.8, 4) is 11.4 Å². The first-order valence-corrected chi connectivity index (χ1v) is 8.68. The van der Waals surface area contributed by atoms with Crippen LogP contribution in [0.25, 0.3) is 11.4 Å². The van der Waals surface area contributed by atoms with Gasteiger partial charge >= 0.3 is 0 Å². The Balaban J connectivity index is 2.00. The molecular weight excluding hydrogens is 345 g/mol. The van der Waals surface area contributed by atoms with E-state index in [0.717, 1.165) is 5.69 Å². The fourth-order valence-corrected chi connectivity index (χ4v) is 2.74. The second kappa shape index (κ2) is 7.95. The number of hydrogen-bond donors (Lipinski definition) is 0. The molecule has 5 nitrogen and oxygen atoms in total. The smallest absolute Gasteiger partial charge is 0.254 e. The summed E-state index contributed by atoms with van der Waals surface area (Å²) in [6.45, 7) is 1.74. The predicted molar refractivity (Wildman–Crippen MR) is 103 cm³/mol. The molecule has 0 spiro atoms. The van der Waals surface area contributed by atoms with Crippen molar-refractivity contribution in [3.05, 3.63) is 82.5 Å². The summed E-state index contributed by atoms with van der Waals surface area (Å²) in [6.07, 6.45) is 0.585. The highest BCUT2D eigenvalue weighted by Crippen LogP contribution is 2.18. The number of halogens is 1. The van der Waals surface area contributed by atoms with Gasteiger partial charge in [-0.1, -0.05) is 25.1 Å². The number of benzene rings is 2. The number of likely N-dealkylation sites (N-methyl/N-ethyl adjacent to an activating group) is 1. The molecule has 0 atom stereocenters. The molecule has 0 bridgehead atoms. The maximum absolute atomic E-state index is 13.3. The van der Waals surface area contributed by atoms with Crippen LogP contribution in [0.15, 0.2) is 65.5 Å². The number of carbonyl (C=O) groups is 1. The van der Waals surface area contributed by atoms with Crippen LogP contribution in [0.1, 0.15) is 12.6 Å². The topological polar surface area (TPSA) is 55.2 Å².